The molecule has 1 spiro atoms. The maximum Gasteiger partial charge on any atom is 0.340 e. The Morgan fingerprint density at radius 3 is 2.60 bits per heavy atom. The molecule has 2 aliphatic rings. The summed E-state index contributed by atoms with van der Waals surface area (Å²) in [7, 11) is 1.18. The lowest BCUT2D eigenvalue weighted by atomic mass is 9.75. The highest BCUT2D eigenvalue weighted by molar-refractivity contribution is 7.81. The molecular formula is C21H17FN4O3S. The van der Waals surface area contributed by atoms with Crippen LogP contribution in [-0.2, 0) is 9.53 Å². The van der Waals surface area contributed by atoms with E-state index in [0.29, 0.717) is 29.8 Å². The number of benzene rings is 1. The first-order valence-corrected chi connectivity index (χ1v) is 9.68. The van der Waals surface area contributed by atoms with Crippen molar-refractivity contribution in [1.82, 2.24) is 4.98 Å². The number of thiocarbonyl (C=S) groups is 1. The summed E-state index contributed by atoms with van der Waals surface area (Å²) in [6.45, 7) is 1.73. The van der Waals surface area contributed by atoms with Crippen LogP contribution in [0.3, 0.4) is 0 Å². The van der Waals surface area contributed by atoms with Crippen LogP contribution in [0, 0.1) is 24.1 Å². The number of nitriles is 1. The predicted molar refractivity (Wildman–Crippen MR) is 111 cm³/mol. The van der Waals surface area contributed by atoms with E-state index in [2.05, 4.69) is 9.72 Å². The molecule has 2 aromatic rings. The van der Waals surface area contributed by atoms with Crippen LogP contribution in [0.15, 0.2) is 30.5 Å². The number of esters is 1. The van der Waals surface area contributed by atoms with Crippen molar-refractivity contribution in [3.63, 3.8) is 0 Å². The van der Waals surface area contributed by atoms with E-state index in [1.807, 2.05) is 6.07 Å². The molecule has 1 aliphatic heterocycles. The summed E-state index contributed by atoms with van der Waals surface area (Å²) in [6.07, 6.45) is 3.43. The predicted octanol–water partition coefficient (Wildman–Crippen LogP) is 3.25. The summed E-state index contributed by atoms with van der Waals surface area (Å²) < 4.78 is 19.2. The van der Waals surface area contributed by atoms with Gasteiger partial charge >= 0.3 is 5.97 Å². The minimum absolute atomic E-state index is 0.191. The second kappa shape index (κ2) is 7.15. The summed E-state index contributed by atoms with van der Waals surface area (Å²) in [5.41, 5.74) is 0.662. The summed E-state index contributed by atoms with van der Waals surface area (Å²) in [6, 6.07) is 7.76. The van der Waals surface area contributed by atoms with E-state index in [0.717, 1.165) is 6.42 Å². The van der Waals surface area contributed by atoms with Gasteiger partial charge in [0.25, 0.3) is 5.91 Å². The molecule has 1 aromatic carbocycles. The minimum Gasteiger partial charge on any atom is -0.465 e. The van der Waals surface area contributed by atoms with Crippen molar-refractivity contribution < 1.29 is 18.7 Å². The Morgan fingerprint density at radius 2 is 2.07 bits per heavy atom. The normalized spacial score (nSPS) is 17.1. The van der Waals surface area contributed by atoms with Crippen molar-refractivity contribution in [3.8, 4) is 6.07 Å². The lowest BCUT2D eigenvalue weighted by Gasteiger charge is -2.43. The number of aryl methyl sites for hydroxylation is 1. The van der Waals surface area contributed by atoms with E-state index in [-0.39, 0.29) is 22.3 Å². The van der Waals surface area contributed by atoms with Gasteiger partial charge in [0.2, 0.25) is 0 Å². The molecule has 9 heteroatoms. The van der Waals surface area contributed by atoms with Gasteiger partial charge in [0, 0.05) is 5.69 Å². The monoisotopic (exact) mass is 424 g/mol. The third-order valence-electron chi connectivity index (χ3n) is 5.64. The van der Waals surface area contributed by atoms with Crippen LogP contribution in [0.5, 0.6) is 0 Å². The summed E-state index contributed by atoms with van der Waals surface area (Å²) in [5.74, 6) is -1.74. The Bertz CT molecular complexity index is 1140. The molecule has 0 N–H and O–H groups in total. The lowest BCUT2D eigenvalue weighted by molar-refractivity contribution is -0.123. The molecule has 152 valence electrons. The molecule has 1 saturated carbocycles. The van der Waals surface area contributed by atoms with Crippen molar-refractivity contribution >= 4 is 40.6 Å². The molecule has 0 bridgehead atoms. The van der Waals surface area contributed by atoms with Crippen molar-refractivity contribution in [2.45, 2.75) is 31.7 Å². The number of anilines is 2. The Labute approximate surface area is 177 Å². The van der Waals surface area contributed by atoms with Crippen LogP contribution in [0.4, 0.5) is 15.8 Å². The molecule has 1 amide bonds. The van der Waals surface area contributed by atoms with Gasteiger partial charge in [-0.1, -0.05) is 0 Å². The maximum absolute atomic E-state index is 14.6. The van der Waals surface area contributed by atoms with Crippen LogP contribution in [0.1, 0.15) is 40.9 Å². The number of hydrogen-bond donors (Lipinski definition) is 0. The smallest absolute Gasteiger partial charge is 0.340 e. The first kappa shape index (κ1) is 19.9. The number of methoxy groups -OCH3 is 1. The van der Waals surface area contributed by atoms with Gasteiger partial charge in [-0.3, -0.25) is 9.69 Å². The van der Waals surface area contributed by atoms with Crippen LogP contribution >= 0.6 is 12.2 Å². The molecule has 0 unspecified atom stereocenters. The molecule has 30 heavy (non-hydrogen) atoms. The van der Waals surface area contributed by atoms with Gasteiger partial charge in [0.1, 0.15) is 23.1 Å². The number of ether oxygens (including phenoxy) is 1. The van der Waals surface area contributed by atoms with Gasteiger partial charge in [0.15, 0.2) is 5.11 Å². The molecule has 4 rings (SSSR count). The highest BCUT2D eigenvalue weighted by Gasteiger charge is 2.59. The largest absolute Gasteiger partial charge is 0.465 e. The molecule has 0 atom stereocenters. The van der Waals surface area contributed by atoms with Gasteiger partial charge in [0.05, 0.1) is 24.6 Å². The van der Waals surface area contributed by atoms with Gasteiger partial charge < -0.3 is 9.64 Å². The average Bonchev–Trinajstić information content (AvgIpc) is 2.94. The van der Waals surface area contributed by atoms with Crippen LogP contribution in [-0.4, -0.2) is 34.6 Å². The summed E-state index contributed by atoms with van der Waals surface area (Å²) in [5, 5.41) is 9.31. The molecular weight excluding hydrogens is 407 g/mol. The van der Waals surface area contributed by atoms with E-state index >= 15 is 0 Å². The molecule has 1 aliphatic carbocycles. The molecule has 0 radical (unpaired) electrons. The Morgan fingerprint density at radius 1 is 1.33 bits per heavy atom. The molecule has 1 aromatic heterocycles. The van der Waals surface area contributed by atoms with Crippen LogP contribution < -0.4 is 9.80 Å². The van der Waals surface area contributed by atoms with E-state index in [9.17, 15) is 14.0 Å². The highest BCUT2D eigenvalue weighted by Crippen LogP contribution is 2.48. The molecule has 1 saturated heterocycles. The Hall–Kier alpha value is -3.38. The third-order valence-corrected chi connectivity index (χ3v) is 6.00. The third kappa shape index (κ3) is 2.75. The van der Waals surface area contributed by atoms with Gasteiger partial charge in [-0.2, -0.15) is 5.26 Å². The number of carbonyl (C=O) groups excluding carboxylic acids is 2. The van der Waals surface area contributed by atoms with E-state index in [1.165, 1.54) is 30.3 Å². The number of halogens is 1. The van der Waals surface area contributed by atoms with Crippen LogP contribution in [0.25, 0.3) is 0 Å². The number of nitrogens with zero attached hydrogens (tertiary/aromatic N) is 4. The zero-order valence-corrected chi connectivity index (χ0v) is 17.1. The number of rotatable bonds is 3. The molecule has 2 fully saturated rings. The zero-order valence-electron chi connectivity index (χ0n) is 16.3. The number of carbonyl (C=O) groups is 2. The quantitative estimate of drug-likeness (QED) is 0.552. The number of amides is 1. The lowest BCUT2D eigenvalue weighted by Crippen LogP contribution is -2.55. The molecule has 7 nitrogen and oxygen atoms in total. The average molecular weight is 424 g/mol. The van der Waals surface area contributed by atoms with Crippen LogP contribution in [0.2, 0.25) is 0 Å². The number of hydrogen-bond acceptors (Lipinski definition) is 6. The van der Waals surface area contributed by atoms with Crippen molar-refractivity contribution in [1.29, 1.82) is 5.26 Å². The van der Waals surface area contributed by atoms with E-state index < -0.39 is 17.3 Å². The number of pyridine rings is 1. The van der Waals surface area contributed by atoms with Gasteiger partial charge in [-0.05, 0) is 68.2 Å². The first-order valence-electron chi connectivity index (χ1n) is 9.27. The second-order valence-corrected chi connectivity index (χ2v) is 7.64. The second-order valence-electron chi connectivity index (χ2n) is 7.27. The van der Waals surface area contributed by atoms with Gasteiger partial charge in [-0.25, -0.2) is 14.2 Å². The molecule has 2 heterocycles. The Balaban J connectivity index is 1.78. The van der Waals surface area contributed by atoms with Crippen molar-refractivity contribution in [2.75, 3.05) is 16.9 Å². The highest BCUT2D eigenvalue weighted by atomic mass is 32.1. The number of aromatic nitrogens is 1. The standard InChI is InChI=1S/C21H17FN4O3S/c1-12-8-14(11-24-17(12)10-23)25-19(28)21(6-3-7-21)26(20(25)30)13-4-5-15(16(22)9-13)18(27)29-2/h4-5,8-9,11H,3,6-7H2,1-2H3. The topological polar surface area (TPSA) is 86.5 Å². The van der Waals surface area contributed by atoms with Crippen molar-refractivity contribution in [3.05, 3.63) is 53.1 Å². The zero-order chi connectivity index (χ0) is 21.6. The summed E-state index contributed by atoms with van der Waals surface area (Å²) in [4.78, 5) is 32.3. The van der Waals surface area contributed by atoms with E-state index in [4.69, 9.17) is 17.5 Å². The van der Waals surface area contributed by atoms with Gasteiger partial charge in [-0.15, -0.1) is 0 Å². The fourth-order valence-electron chi connectivity index (χ4n) is 3.93. The van der Waals surface area contributed by atoms with Crippen molar-refractivity contribution in [2.24, 2.45) is 0 Å². The maximum atomic E-state index is 14.6. The SMILES string of the molecule is COC(=O)c1ccc(N2C(=S)N(c3cnc(C#N)c(C)c3)C(=O)C23CCC3)cc1F. The fourth-order valence-corrected chi connectivity index (χ4v) is 4.39. The summed E-state index contributed by atoms with van der Waals surface area (Å²) >= 11 is 5.63. The minimum atomic E-state index is -0.891. The fraction of sp³-hybridized carbons (Fsp3) is 0.286. The van der Waals surface area contributed by atoms with E-state index in [1.54, 1.807) is 24.0 Å². The Kier molecular flexibility index (Phi) is 4.74. The first-order chi connectivity index (χ1) is 14.3.